The Bertz CT molecular complexity index is 380. The van der Waals surface area contributed by atoms with Crippen molar-refractivity contribution in [3.63, 3.8) is 0 Å². The van der Waals surface area contributed by atoms with Crippen LogP contribution in [0.5, 0.6) is 0 Å². The maximum atomic E-state index is 14.2. The third-order valence-electron chi connectivity index (χ3n) is 2.65. The van der Waals surface area contributed by atoms with Crippen LogP contribution < -0.4 is 0 Å². The zero-order valence-electron chi connectivity index (χ0n) is 9.19. The number of halogens is 3. The Kier molecular flexibility index (Phi) is 4.34. The molecule has 0 spiro atoms. The topological polar surface area (TPSA) is 17.1 Å². The molecule has 0 aliphatic rings. The second-order valence-electron chi connectivity index (χ2n) is 3.66. The monoisotopic (exact) mass is 262 g/mol. The minimum Gasteiger partial charge on any atom is -0.291 e. The van der Waals surface area contributed by atoms with E-state index >= 15 is 0 Å². The molecule has 0 aliphatic carbocycles. The molecule has 4 heteroatoms. The van der Waals surface area contributed by atoms with Gasteiger partial charge < -0.3 is 0 Å². The lowest BCUT2D eigenvalue weighted by Gasteiger charge is -2.20. The number of Topliss-reactive ketones (excluding diaryl/α,β-unsaturated/α-hetero) is 1. The molecule has 0 radical (unpaired) electrons. The molecular weight excluding hydrogens is 250 g/mol. The summed E-state index contributed by atoms with van der Waals surface area (Å²) >= 11 is 11.5. The number of hydrogen-bond acceptors (Lipinski definition) is 1. The Labute approximate surface area is 105 Å². The van der Waals surface area contributed by atoms with Crippen LogP contribution in [-0.2, 0) is 0 Å². The number of benzene rings is 1. The number of ketones is 1. The molecular formula is C12H13Cl2FO. The Hall–Kier alpha value is -0.600. The van der Waals surface area contributed by atoms with Crippen molar-refractivity contribution in [2.24, 2.45) is 0 Å². The van der Waals surface area contributed by atoms with Gasteiger partial charge in [-0.05, 0) is 31.0 Å². The fourth-order valence-corrected chi connectivity index (χ4v) is 2.04. The quantitative estimate of drug-likeness (QED) is 0.719. The average Bonchev–Trinajstić information content (AvgIpc) is 2.25. The van der Waals surface area contributed by atoms with Crippen LogP contribution in [0.15, 0.2) is 18.2 Å². The van der Waals surface area contributed by atoms with Crippen molar-refractivity contribution < 1.29 is 9.18 Å². The summed E-state index contributed by atoms with van der Waals surface area (Å²) in [6, 6.07) is 4.39. The molecule has 0 saturated carbocycles. The van der Waals surface area contributed by atoms with E-state index < -0.39 is 11.5 Å². The number of carbonyl (C=O) groups excluding carboxylic acids is 1. The number of carbonyl (C=O) groups is 1. The SMILES string of the molecule is CCC(F)(CC)C(=O)c1cc(Cl)cc(Cl)c1. The van der Waals surface area contributed by atoms with Crippen LogP contribution >= 0.6 is 23.2 Å². The van der Waals surface area contributed by atoms with Gasteiger partial charge in [0.25, 0.3) is 0 Å². The first-order valence-electron chi connectivity index (χ1n) is 5.12. The number of rotatable bonds is 4. The largest absolute Gasteiger partial charge is 0.291 e. The normalized spacial score (nSPS) is 11.6. The van der Waals surface area contributed by atoms with Crippen molar-refractivity contribution in [3.8, 4) is 0 Å². The van der Waals surface area contributed by atoms with Crippen LogP contribution in [0, 0.1) is 0 Å². The molecule has 0 aliphatic heterocycles. The van der Waals surface area contributed by atoms with E-state index in [9.17, 15) is 9.18 Å². The molecule has 1 aromatic carbocycles. The zero-order chi connectivity index (χ0) is 12.3. The summed E-state index contributed by atoms with van der Waals surface area (Å²) in [7, 11) is 0. The highest BCUT2D eigenvalue weighted by Crippen LogP contribution is 2.28. The lowest BCUT2D eigenvalue weighted by atomic mass is 9.90. The Balaban J connectivity index is 3.13. The van der Waals surface area contributed by atoms with E-state index in [1.165, 1.54) is 18.2 Å². The molecule has 1 aromatic rings. The summed E-state index contributed by atoms with van der Waals surface area (Å²) in [5, 5.41) is 0.677. The van der Waals surface area contributed by atoms with Gasteiger partial charge in [-0.25, -0.2) is 4.39 Å². The van der Waals surface area contributed by atoms with E-state index in [1.807, 2.05) is 0 Å². The molecule has 1 nitrogen and oxygen atoms in total. The second-order valence-corrected chi connectivity index (χ2v) is 4.53. The van der Waals surface area contributed by atoms with Crippen molar-refractivity contribution in [1.29, 1.82) is 0 Å². The third-order valence-corrected chi connectivity index (χ3v) is 3.09. The van der Waals surface area contributed by atoms with E-state index in [-0.39, 0.29) is 18.4 Å². The Morgan fingerprint density at radius 2 is 1.62 bits per heavy atom. The molecule has 1 rings (SSSR count). The molecule has 0 fully saturated rings. The van der Waals surface area contributed by atoms with Gasteiger partial charge in [-0.2, -0.15) is 0 Å². The van der Waals surface area contributed by atoms with E-state index in [0.29, 0.717) is 10.0 Å². The average molecular weight is 263 g/mol. The van der Waals surface area contributed by atoms with Gasteiger partial charge in [0.1, 0.15) is 0 Å². The maximum Gasteiger partial charge on any atom is 0.200 e. The molecule has 0 unspecified atom stereocenters. The smallest absolute Gasteiger partial charge is 0.200 e. The van der Waals surface area contributed by atoms with Crippen LogP contribution in [0.4, 0.5) is 4.39 Å². The van der Waals surface area contributed by atoms with Crippen LogP contribution in [0.1, 0.15) is 37.0 Å². The van der Waals surface area contributed by atoms with Gasteiger partial charge in [-0.1, -0.05) is 37.0 Å². The fraction of sp³-hybridized carbons (Fsp3) is 0.417. The molecule has 0 atom stereocenters. The molecule has 0 N–H and O–H groups in total. The predicted octanol–water partition coefficient (Wildman–Crippen LogP) is 4.70. The highest BCUT2D eigenvalue weighted by Gasteiger charge is 2.35. The highest BCUT2D eigenvalue weighted by atomic mass is 35.5. The number of hydrogen-bond donors (Lipinski definition) is 0. The van der Waals surface area contributed by atoms with Gasteiger partial charge in [-0.15, -0.1) is 0 Å². The summed E-state index contributed by atoms with van der Waals surface area (Å²) in [5.41, 5.74) is -1.60. The predicted molar refractivity (Wildman–Crippen MR) is 65.2 cm³/mol. The maximum absolute atomic E-state index is 14.2. The third kappa shape index (κ3) is 2.74. The Morgan fingerprint density at radius 3 is 2.00 bits per heavy atom. The first-order chi connectivity index (χ1) is 7.42. The summed E-state index contributed by atoms with van der Waals surface area (Å²) in [5.74, 6) is -0.554. The van der Waals surface area contributed by atoms with Gasteiger partial charge >= 0.3 is 0 Å². The van der Waals surface area contributed by atoms with Gasteiger partial charge in [0.05, 0.1) is 0 Å². The first-order valence-corrected chi connectivity index (χ1v) is 5.88. The summed E-state index contributed by atoms with van der Waals surface area (Å²) < 4.78 is 14.2. The van der Waals surface area contributed by atoms with Gasteiger partial charge in [-0.3, -0.25) is 4.79 Å². The molecule has 0 aromatic heterocycles. The van der Waals surface area contributed by atoms with Crippen molar-refractivity contribution in [2.45, 2.75) is 32.4 Å². The van der Waals surface area contributed by atoms with Crippen molar-refractivity contribution in [1.82, 2.24) is 0 Å². The molecule has 16 heavy (non-hydrogen) atoms. The highest BCUT2D eigenvalue weighted by molar-refractivity contribution is 6.35. The van der Waals surface area contributed by atoms with E-state index in [0.717, 1.165) is 0 Å². The lowest BCUT2D eigenvalue weighted by molar-refractivity contribution is 0.0662. The molecule has 0 heterocycles. The molecule has 0 amide bonds. The van der Waals surface area contributed by atoms with Crippen molar-refractivity contribution in [2.75, 3.05) is 0 Å². The molecule has 0 bridgehead atoms. The van der Waals surface area contributed by atoms with Crippen LogP contribution in [0.2, 0.25) is 10.0 Å². The first kappa shape index (κ1) is 13.5. The van der Waals surface area contributed by atoms with Crippen LogP contribution in [0.25, 0.3) is 0 Å². The minimum absolute atomic E-state index is 0.145. The van der Waals surface area contributed by atoms with E-state index in [2.05, 4.69) is 0 Å². The van der Waals surface area contributed by atoms with Crippen LogP contribution in [0.3, 0.4) is 0 Å². The van der Waals surface area contributed by atoms with Gasteiger partial charge in [0, 0.05) is 15.6 Å². The second kappa shape index (κ2) is 5.15. The summed E-state index contributed by atoms with van der Waals surface area (Å²) in [4.78, 5) is 11.9. The molecule has 88 valence electrons. The van der Waals surface area contributed by atoms with Crippen LogP contribution in [-0.4, -0.2) is 11.5 Å². The fourth-order valence-electron chi connectivity index (χ4n) is 1.51. The minimum atomic E-state index is -1.83. The van der Waals surface area contributed by atoms with Gasteiger partial charge in [0.2, 0.25) is 0 Å². The van der Waals surface area contributed by atoms with E-state index in [1.54, 1.807) is 13.8 Å². The lowest BCUT2D eigenvalue weighted by Crippen LogP contribution is -2.32. The number of alkyl halides is 1. The van der Waals surface area contributed by atoms with Crippen molar-refractivity contribution >= 4 is 29.0 Å². The van der Waals surface area contributed by atoms with Gasteiger partial charge in [0.15, 0.2) is 11.5 Å². The zero-order valence-corrected chi connectivity index (χ0v) is 10.7. The molecule has 0 saturated heterocycles. The van der Waals surface area contributed by atoms with E-state index in [4.69, 9.17) is 23.2 Å². The van der Waals surface area contributed by atoms with Crippen molar-refractivity contribution in [3.05, 3.63) is 33.8 Å². The standard InChI is InChI=1S/C12H13Cl2FO/c1-3-12(15,4-2)11(16)8-5-9(13)7-10(14)6-8/h5-7H,3-4H2,1-2H3. The summed E-state index contributed by atoms with van der Waals surface area (Å²) in [6.07, 6.45) is 0.291. The summed E-state index contributed by atoms with van der Waals surface area (Å²) in [6.45, 7) is 3.29. The Morgan fingerprint density at radius 1 is 1.19 bits per heavy atom.